The molecule has 0 spiro atoms. The molecule has 0 unspecified atom stereocenters. The fourth-order valence-corrected chi connectivity index (χ4v) is 1.75. The van der Waals surface area contributed by atoms with Gasteiger partial charge in [-0.2, -0.15) is 5.26 Å². The minimum atomic E-state index is 0.0332. The quantitative estimate of drug-likeness (QED) is 0.841. The van der Waals surface area contributed by atoms with E-state index in [0.29, 0.717) is 18.5 Å². The fraction of sp³-hybridized carbons (Fsp3) is 0.200. The molecule has 2 rings (SSSR count). The van der Waals surface area contributed by atoms with E-state index >= 15 is 0 Å². The van der Waals surface area contributed by atoms with Crippen molar-refractivity contribution in [2.45, 2.75) is 13.0 Å². The summed E-state index contributed by atoms with van der Waals surface area (Å²) < 4.78 is 4.97. The van der Waals surface area contributed by atoms with E-state index in [4.69, 9.17) is 9.68 Å². The highest BCUT2D eigenvalue weighted by molar-refractivity contribution is 5.78. The molecule has 0 aliphatic heterocycles. The number of hydrogen-bond acceptors (Lipinski definition) is 3. The minimum absolute atomic E-state index is 0.0332. The Morgan fingerprint density at radius 1 is 1.26 bits per heavy atom. The first-order valence-electron chi connectivity index (χ1n) is 5.93. The molecule has 0 aliphatic rings. The Kier molecular flexibility index (Phi) is 3.99. The van der Waals surface area contributed by atoms with E-state index in [2.05, 4.69) is 6.07 Å². The van der Waals surface area contributed by atoms with Crippen molar-refractivity contribution in [1.29, 1.82) is 5.26 Å². The number of hydrogen-bond donors (Lipinski definition) is 0. The summed E-state index contributed by atoms with van der Waals surface area (Å²) in [5, 5.41) is 8.71. The minimum Gasteiger partial charge on any atom is -0.472 e. The molecule has 96 valence electrons. The van der Waals surface area contributed by atoms with Crippen LogP contribution >= 0.6 is 0 Å². The number of nitriles is 1. The summed E-state index contributed by atoms with van der Waals surface area (Å²) in [4.78, 5) is 13.7. The lowest BCUT2D eigenvalue weighted by molar-refractivity contribution is -0.129. The molecular weight excluding hydrogens is 240 g/mol. The number of benzene rings is 1. The molecule has 0 aliphatic carbocycles. The van der Waals surface area contributed by atoms with Crippen LogP contribution in [0.4, 0.5) is 0 Å². The van der Waals surface area contributed by atoms with Crippen LogP contribution in [-0.2, 0) is 17.8 Å². The Morgan fingerprint density at radius 3 is 2.58 bits per heavy atom. The maximum absolute atomic E-state index is 12.0. The molecule has 19 heavy (non-hydrogen) atoms. The Hall–Kier alpha value is -2.54. The van der Waals surface area contributed by atoms with Crippen LogP contribution in [0.1, 0.15) is 16.7 Å². The van der Waals surface area contributed by atoms with Gasteiger partial charge in [-0.25, -0.2) is 0 Å². The van der Waals surface area contributed by atoms with Gasteiger partial charge in [-0.3, -0.25) is 4.79 Å². The molecule has 0 atom stereocenters. The molecule has 0 fully saturated rings. The second-order valence-corrected chi connectivity index (χ2v) is 4.37. The van der Waals surface area contributed by atoms with Crippen molar-refractivity contribution in [3.05, 3.63) is 59.5 Å². The van der Waals surface area contributed by atoms with E-state index in [1.54, 1.807) is 36.6 Å². The SMILES string of the molecule is CN(Cc1ccoc1)C(=O)Cc1ccc(C#N)cc1. The standard InChI is InChI=1S/C15H14N2O2/c1-17(10-14-6-7-19-11-14)15(18)8-12-2-4-13(9-16)5-3-12/h2-7,11H,8,10H2,1H3. The van der Waals surface area contributed by atoms with Gasteiger partial charge in [-0.15, -0.1) is 0 Å². The predicted octanol–water partition coefficient (Wildman–Crippen LogP) is 2.35. The van der Waals surface area contributed by atoms with Gasteiger partial charge < -0.3 is 9.32 Å². The molecule has 1 amide bonds. The number of furan rings is 1. The number of rotatable bonds is 4. The summed E-state index contributed by atoms with van der Waals surface area (Å²) in [6, 6.07) is 11.0. The Balaban J connectivity index is 1.94. The highest BCUT2D eigenvalue weighted by Crippen LogP contribution is 2.08. The molecule has 0 saturated heterocycles. The van der Waals surface area contributed by atoms with Crippen molar-refractivity contribution >= 4 is 5.91 Å². The average molecular weight is 254 g/mol. The van der Waals surface area contributed by atoms with Crippen LogP contribution in [0.5, 0.6) is 0 Å². The summed E-state index contributed by atoms with van der Waals surface area (Å²) >= 11 is 0. The van der Waals surface area contributed by atoms with Crippen molar-refractivity contribution in [2.75, 3.05) is 7.05 Å². The van der Waals surface area contributed by atoms with E-state index in [9.17, 15) is 4.79 Å². The lowest BCUT2D eigenvalue weighted by atomic mass is 10.1. The van der Waals surface area contributed by atoms with Gasteiger partial charge in [0.25, 0.3) is 0 Å². The van der Waals surface area contributed by atoms with Crippen LogP contribution in [0, 0.1) is 11.3 Å². The summed E-state index contributed by atoms with van der Waals surface area (Å²) in [6.07, 6.45) is 3.56. The number of nitrogens with zero attached hydrogens (tertiary/aromatic N) is 2. The van der Waals surface area contributed by atoms with Gasteiger partial charge in [0.15, 0.2) is 0 Å². The number of amides is 1. The topological polar surface area (TPSA) is 57.2 Å². The molecule has 0 bridgehead atoms. The van der Waals surface area contributed by atoms with Gasteiger partial charge in [0.2, 0.25) is 5.91 Å². The van der Waals surface area contributed by atoms with Gasteiger partial charge >= 0.3 is 0 Å². The first-order chi connectivity index (χ1) is 9.19. The molecular formula is C15H14N2O2. The Labute approximate surface area is 111 Å². The monoisotopic (exact) mass is 254 g/mol. The van der Waals surface area contributed by atoms with Crippen LogP contribution in [0.15, 0.2) is 47.3 Å². The molecule has 4 nitrogen and oxygen atoms in total. The molecule has 1 heterocycles. The van der Waals surface area contributed by atoms with Crippen LogP contribution in [0.3, 0.4) is 0 Å². The normalized spacial score (nSPS) is 9.89. The third kappa shape index (κ3) is 3.46. The summed E-state index contributed by atoms with van der Waals surface area (Å²) in [5.41, 5.74) is 2.47. The van der Waals surface area contributed by atoms with E-state index in [-0.39, 0.29) is 5.91 Å². The largest absolute Gasteiger partial charge is 0.472 e. The zero-order valence-electron chi connectivity index (χ0n) is 10.7. The van der Waals surface area contributed by atoms with Crippen molar-refractivity contribution < 1.29 is 9.21 Å². The second kappa shape index (κ2) is 5.87. The Bertz CT molecular complexity index is 580. The molecule has 1 aromatic heterocycles. The van der Waals surface area contributed by atoms with Crippen molar-refractivity contribution in [3.8, 4) is 6.07 Å². The maximum Gasteiger partial charge on any atom is 0.227 e. The van der Waals surface area contributed by atoms with E-state index in [1.165, 1.54) is 0 Å². The van der Waals surface area contributed by atoms with Crippen LogP contribution < -0.4 is 0 Å². The number of carbonyl (C=O) groups excluding carboxylic acids is 1. The molecule has 0 radical (unpaired) electrons. The summed E-state index contributed by atoms with van der Waals surface area (Å²) in [7, 11) is 1.76. The molecule has 4 heteroatoms. The van der Waals surface area contributed by atoms with Crippen molar-refractivity contribution in [1.82, 2.24) is 4.90 Å². The van der Waals surface area contributed by atoms with E-state index < -0.39 is 0 Å². The maximum atomic E-state index is 12.0. The number of carbonyl (C=O) groups is 1. The third-order valence-corrected chi connectivity index (χ3v) is 2.86. The highest BCUT2D eigenvalue weighted by Gasteiger charge is 2.10. The number of likely N-dealkylation sites (N-methyl/N-ethyl adjacent to an activating group) is 1. The van der Waals surface area contributed by atoms with Gasteiger partial charge in [-0.1, -0.05) is 12.1 Å². The predicted molar refractivity (Wildman–Crippen MR) is 70.0 cm³/mol. The molecule has 0 N–H and O–H groups in total. The van der Waals surface area contributed by atoms with Crippen molar-refractivity contribution in [2.24, 2.45) is 0 Å². The summed E-state index contributed by atoms with van der Waals surface area (Å²) in [5.74, 6) is 0.0332. The highest BCUT2D eigenvalue weighted by atomic mass is 16.3. The zero-order valence-corrected chi connectivity index (χ0v) is 10.7. The third-order valence-electron chi connectivity index (χ3n) is 2.86. The summed E-state index contributed by atoms with van der Waals surface area (Å²) in [6.45, 7) is 0.533. The van der Waals surface area contributed by atoms with Crippen LogP contribution in [-0.4, -0.2) is 17.9 Å². The average Bonchev–Trinajstić information content (AvgIpc) is 2.92. The van der Waals surface area contributed by atoms with Crippen molar-refractivity contribution in [3.63, 3.8) is 0 Å². The first-order valence-corrected chi connectivity index (χ1v) is 5.93. The second-order valence-electron chi connectivity index (χ2n) is 4.37. The molecule has 0 saturated carbocycles. The smallest absolute Gasteiger partial charge is 0.227 e. The lowest BCUT2D eigenvalue weighted by Gasteiger charge is -2.16. The fourth-order valence-electron chi connectivity index (χ4n) is 1.75. The van der Waals surface area contributed by atoms with Crippen LogP contribution in [0.25, 0.3) is 0 Å². The molecule has 2 aromatic rings. The van der Waals surface area contributed by atoms with Gasteiger partial charge in [-0.05, 0) is 23.8 Å². The molecule has 1 aromatic carbocycles. The van der Waals surface area contributed by atoms with Crippen LogP contribution in [0.2, 0.25) is 0 Å². The van der Waals surface area contributed by atoms with E-state index in [1.807, 2.05) is 18.2 Å². The van der Waals surface area contributed by atoms with Gasteiger partial charge in [0, 0.05) is 19.2 Å². The lowest BCUT2D eigenvalue weighted by Crippen LogP contribution is -2.27. The zero-order chi connectivity index (χ0) is 13.7. The first kappa shape index (κ1) is 12.9. The Morgan fingerprint density at radius 2 is 2.00 bits per heavy atom. The van der Waals surface area contributed by atoms with E-state index in [0.717, 1.165) is 11.1 Å². The van der Waals surface area contributed by atoms with Gasteiger partial charge in [0.05, 0.1) is 30.6 Å². The van der Waals surface area contributed by atoms with Gasteiger partial charge in [0.1, 0.15) is 0 Å².